The minimum absolute atomic E-state index is 0.678. The zero-order chi connectivity index (χ0) is 9.23. The average Bonchev–Trinajstić information content (AvgIpc) is 2.19. The van der Waals surface area contributed by atoms with E-state index in [4.69, 9.17) is 4.74 Å². The second-order valence-corrected chi connectivity index (χ2v) is 2.02. The Morgan fingerprint density at radius 3 is 2.75 bits per heavy atom. The third kappa shape index (κ3) is 5.87. The molecule has 0 aliphatic rings. The van der Waals surface area contributed by atoms with Gasteiger partial charge < -0.3 is 4.74 Å². The molecule has 0 aromatic heterocycles. The fourth-order valence-electron chi connectivity index (χ4n) is 0.732. The van der Waals surface area contributed by atoms with E-state index in [1.54, 1.807) is 0 Å². The second kappa shape index (κ2) is 9.37. The van der Waals surface area contributed by atoms with Crippen molar-refractivity contribution >= 4 is 13.6 Å². The van der Waals surface area contributed by atoms with Crippen molar-refractivity contribution in [3.05, 3.63) is 35.9 Å². The monoisotopic (exact) mass is 278 g/mol. The number of hydrogen-bond acceptors (Lipinski definition) is 1. The Morgan fingerprint density at radius 1 is 1.50 bits per heavy atom. The molecule has 0 fully saturated rings. The predicted octanol–water partition coefficient (Wildman–Crippen LogP) is 2.87. The first-order chi connectivity index (χ1) is 5.93. The van der Waals surface area contributed by atoms with Crippen molar-refractivity contribution in [2.75, 3.05) is 6.61 Å². The predicted molar refractivity (Wildman–Crippen MR) is 49.5 cm³/mol. The molecule has 1 aromatic rings. The molecular formula is C9H11BrOZn. The Kier molecular flexibility index (Phi) is 9.59. The minimum atomic E-state index is 0.678. The van der Waals surface area contributed by atoms with Crippen LogP contribution in [0.2, 0.25) is 0 Å². The van der Waals surface area contributed by atoms with Gasteiger partial charge in [0.2, 0.25) is 0 Å². The molecule has 0 heterocycles. The van der Waals surface area contributed by atoms with Crippen LogP contribution in [0, 0.1) is 6.07 Å². The van der Waals surface area contributed by atoms with Crippen molar-refractivity contribution in [2.45, 2.75) is 13.5 Å². The number of halogens is 1. The van der Waals surface area contributed by atoms with Gasteiger partial charge in [0.05, 0.1) is 0 Å². The molecule has 0 amide bonds. The van der Waals surface area contributed by atoms with E-state index in [0.717, 1.165) is 12.2 Å². The van der Waals surface area contributed by atoms with Crippen LogP contribution in [0.15, 0.2) is 24.3 Å². The summed E-state index contributed by atoms with van der Waals surface area (Å²) in [6, 6.07) is 10.9. The molecule has 3 heteroatoms. The van der Waals surface area contributed by atoms with Crippen molar-refractivity contribution in [2.24, 2.45) is 0 Å². The Bertz CT molecular complexity index is 179. The number of hydrogen-bond donors (Lipinski definition) is 0. The van der Waals surface area contributed by atoms with E-state index in [1.807, 2.05) is 31.2 Å². The average molecular weight is 280 g/mol. The van der Waals surface area contributed by atoms with E-state index in [1.165, 1.54) is 16.3 Å². The molecular weight excluding hydrogens is 269 g/mol. The molecule has 0 atom stereocenters. The van der Waals surface area contributed by atoms with Crippen LogP contribution in [0.5, 0.6) is 0 Å². The van der Waals surface area contributed by atoms with Crippen LogP contribution in [0.4, 0.5) is 0 Å². The van der Waals surface area contributed by atoms with Crippen molar-refractivity contribution in [3.63, 3.8) is 0 Å². The van der Waals surface area contributed by atoms with Gasteiger partial charge in [0, 0.05) is 13.2 Å². The van der Waals surface area contributed by atoms with Gasteiger partial charge in [-0.2, -0.15) is 30.3 Å². The van der Waals surface area contributed by atoms with Gasteiger partial charge in [0.1, 0.15) is 0 Å². The molecule has 0 saturated carbocycles. The van der Waals surface area contributed by atoms with Crippen LogP contribution in [0.25, 0.3) is 0 Å². The first-order valence-electron chi connectivity index (χ1n) is 3.73. The summed E-state index contributed by atoms with van der Waals surface area (Å²) < 4.78 is 5.19. The van der Waals surface area contributed by atoms with Gasteiger partial charge in [0.15, 0.2) is 0 Å². The number of benzene rings is 1. The van der Waals surface area contributed by atoms with E-state index >= 15 is 0 Å². The van der Waals surface area contributed by atoms with E-state index in [9.17, 15) is 0 Å². The van der Waals surface area contributed by atoms with Crippen LogP contribution < -0.4 is 0 Å². The number of ether oxygens (including phenoxy) is 1. The molecule has 12 heavy (non-hydrogen) atoms. The Morgan fingerprint density at radius 2 is 2.25 bits per heavy atom. The fourth-order valence-corrected chi connectivity index (χ4v) is 0.732. The molecule has 1 aromatic carbocycles. The van der Waals surface area contributed by atoms with Crippen LogP contribution in [0.3, 0.4) is 0 Å². The quantitative estimate of drug-likeness (QED) is 0.611. The first kappa shape index (κ1) is 12.3. The van der Waals surface area contributed by atoms with Crippen LogP contribution in [-0.4, -0.2) is 6.61 Å². The maximum absolute atomic E-state index is 5.19. The van der Waals surface area contributed by atoms with Gasteiger partial charge in [-0.05, 0) is 6.92 Å². The van der Waals surface area contributed by atoms with E-state index in [-0.39, 0.29) is 0 Å². The van der Waals surface area contributed by atoms with Crippen molar-refractivity contribution in [3.8, 4) is 0 Å². The summed E-state index contributed by atoms with van der Waals surface area (Å²) in [6.45, 7) is 3.43. The summed E-state index contributed by atoms with van der Waals surface area (Å²) in [6.07, 6.45) is 0. The summed E-state index contributed by atoms with van der Waals surface area (Å²) in [5, 5.41) is 0. The number of rotatable bonds is 3. The van der Waals surface area contributed by atoms with Gasteiger partial charge >= 0.3 is 30.0 Å². The molecule has 62 valence electrons. The van der Waals surface area contributed by atoms with Crippen molar-refractivity contribution < 1.29 is 21.1 Å². The molecule has 0 unspecified atom stereocenters. The molecule has 0 spiro atoms. The van der Waals surface area contributed by atoms with E-state index in [2.05, 4.69) is 19.7 Å². The second-order valence-electron chi connectivity index (χ2n) is 2.02. The Hall–Kier alpha value is 0.283. The zero-order valence-electron chi connectivity index (χ0n) is 7.22. The summed E-state index contributed by atoms with van der Waals surface area (Å²) in [7, 11) is 0. The molecule has 0 aliphatic carbocycles. The third-order valence-electron chi connectivity index (χ3n) is 1.24. The molecule has 1 nitrogen and oxygen atoms in total. The molecule has 0 N–H and O–H groups in total. The maximum atomic E-state index is 5.19. The Labute approximate surface area is 90.5 Å². The van der Waals surface area contributed by atoms with Gasteiger partial charge in [-0.15, -0.1) is 5.56 Å². The van der Waals surface area contributed by atoms with Gasteiger partial charge in [-0.25, -0.2) is 0 Å². The van der Waals surface area contributed by atoms with Crippen LogP contribution in [0.1, 0.15) is 12.5 Å². The zero-order valence-corrected chi connectivity index (χ0v) is 11.8. The molecule has 0 saturated heterocycles. The Balaban J connectivity index is 0.000000561. The third-order valence-corrected chi connectivity index (χ3v) is 1.24. The molecule has 0 bridgehead atoms. The fraction of sp³-hybridized carbons (Fsp3) is 0.333. The summed E-state index contributed by atoms with van der Waals surface area (Å²) in [5.74, 6) is 0. The summed E-state index contributed by atoms with van der Waals surface area (Å²) in [4.78, 5) is 0. The first-order valence-corrected chi connectivity index (χ1v) is 10.7. The van der Waals surface area contributed by atoms with Crippen molar-refractivity contribution in [1.29, 1.82) is 0 Å². The van der Waals surface area contributed by atoms with E-state index < -0.39 is 0 Å². The van der Waals surface area contributed by atoms with Crippen molar-refractivity contribution in [1.82, 2.24) is 0 Å². The molecule has 0 radical (unpaired) electrons. The standard InChI is InChI=1S/C9H11O.BrH.Zn/c1-2-10-8-9-6-4-3-5-7-9;;/h3-6H,2,8H2,1H3;1H;/q-1;;+2/p-1. The molecule has 0 aliphatic heterocycles. The molecule has 1 rings (SSSR count). The topological polar surface area (TPSA) is 9.23 Å². The van der Waals surface area contributed by atoms with Crippen LogP contribution in [-0.2, 0) is 27.7 Å². The van der Waals surface area contributed by atoms with Crippen LogP contribution >= 0.6 is 13.6 Å². The normalized spacial score (nSPS) is 8.67. The van der Waals surface area contributed by atoms with Gasteiger partial charge in [0.25, 0.3) is 0 Å². The summed E-state index contributed by atoms with van der Waals surface area (Å²) in [5.41, 5.74) is 1.12. The van der Waals surface area contributed by atoms with E-state index in [0.29, 0.717) is 6.61 Å². The SMILES string of the molecule is CCOCc1[c-]cccc1.[Zn+][Br]. The van der Waals surface area contributed by atoms with Gasteiger partial charge in [-0.3, -0.25) is 0 Å². The summed E-state index contributed by atoms with van der Waals surface area (Å²) >= 11 is 4.25. The van der Waals surface area contributed by atoms with Gasteiger partial charge in [-0.1, -0.05) is 0 Å².